The van der Waals surface area contributed by atoms with Gasteiger partial charge in [0.2, 0.25) is 0 Å². The van der Waals surface area contributed by atoms with Gasteiger partial charge in [0.15, 0.2) is 5.78 Å². The largest absolute Gasteiger partial charge is 0.297 e. The maximum Gasteiger partial charge on any atom is 0.156 e. The second-order valence-corrected chi connectivity index (χ2v) is 12.1. The van der Waals surface area contributed by atoms with Gasteiger partial charge in [-0.05, 0) is 41.5 Å². The van der Waals surface area contributed by atoms with Crippen molar-refractivity contribution in [1.82, 2.24) is 4.90 Å². The molecule has 0 radical (unpaired) electrons. The average Bonchev–Trinajstić information content (AvgIpc) is 2.16. The third kappa shape index (κ3) is 7.04. The number of carbonyl (C=O) groups excluding carboxylic acids is 1. The molecule has 0 saturated carbocycles. The summed E-state index contributed by atoms with van der Waals surface area (Å²) in [4.78, 5) is 15.6. The molecule has 132 valence electrons. The van der Waals surface area contributed by atoms with Crippen molar-refractivity contribution in [3.8, 4) is 0 Å². The molecule has 0 spiro atoms. The third-order valence-corrected chi connectivity index (χ3v) is 4.82. The molecular formula is C19H39NOS. The summed E-state index contributed by atoms with van der Waals surface area (Å²) in [5.41, 5.74) is -0.428. The SMILES string of the molecule is CC(C)(C)SCC(C(=O)C(C)(C)C)N(C(C)(C)C)C(C)(C)C. The van der Waals surface area contributed by atoms with Gasteiger partial charge in [0, 0.05) is 27.0 Å². The van der Waals surface area contributed by atoms with Crippen LogP contribution in [0.2, 0.25) is 0 Å². The lowest BCUT2D eigenvalue weighted by molar-refractivity contribution is -0.136. The van der Waals surface area contributed by atoms with Crippen molar-refractivity contribution in [3.05, 3.63) is 0 Å². The van der Waals surface area contributed by atoms with E-state index in [1.807, 2.05) is 32.5 Å². The molecule has 0 N–H and O–H groups in total. The van der Waals surface area contributed by atoms with Crippen LogP contribution in [0.25, 0.3) is 0 Å². The van der Waals surface area contributed by atoms with Crippen LogP contribution in [0.3, 0.4) is 0 Å². The number of hydrogen-bond acceptors (Lipinski definition) is 3. The molecule has 22 heavy (non-hydrogen) atoms. The van der Waals surface area contributed by atoms with Crippen molar-refractivity contribution in [3.63, 3.8) is 0 Å². The summed E-state index contributed by atoms with van der Waals surface area (Å²) in [5, 5.41) is 0. The molecule has 0 bridgehead atoms. The van der Waals surface area contributed by atoms with Gasteiger partial charge >= 0.3 is 0 Å². The van der Waals surface area contributed by atoms with Crippen LogP contribution in [0.4, 0.5) is 0 Å². The van der Waals surface area contributed by atoms with Crippen molar-refractivity contribution in [1.29, 1.82) is 0 Å². The molecule has 1 unspecified atom stereocenters. The zero-order chi connectivity index (χ0) is 18.1. The van der Waals surface area contributed by atoms with Gasteiger partial charge in [-0.1, -0.05) is 41.5 Å². The Morgan fingerprint density at radius 3 is 1.41 bits per heavy atom. The van der Waals surface area contributed by atoms with Crippen LogP contribution in [0, 0.1) is 5.41 Å². The van der Waals surface area contributed by atoms with Gasteiger partial charge in [0.1, 0.15) is 0 Å². The molecule has 2 nitrogen and oxygen atoms in total. The number of thioether (sulfide) groups is 1. The number of carbonyl (C=O) groups is 1. The minimum absolute atomic E-state index is 0.0533. The fourth-order valence-corrected chi connectivity index (χ4v) is 4.00. The van der Waals surface area contributed by atoms with E-state index in [2.05, 4.69) is 67.2 Å². The van der Waals surface area contributed by atoms with Gasteiger partial charge in [-0.2, -0.15) is 11.8 Å². The molecule has 0 saturated heterocycles. The highest BCUT2D eigenvalue weighted by Gasteiger charge is 2.43. The molecule has 0 aromatic rings. The fourth-order valence-electron chi connectivity index (χ4n) is 3.04. The van der Waals surface area contributed by atoms with E-state index >= 15 is 0 Å². The monoisotopic (exact) mass is 329 g/mol. The number of nitrogens with zero attached hydrogens (tertiary/aromatic N) is 1. The van der Waals surface area contributed by atoms with E-state index in [0.717, 1.165) is 5.75 Å². The van der Waals surface area contributed by atoms with Crippen molar-refractivity contribution in [2.75, 3.05) is 5.75 Å². The quantitative estimate of drug-likeness (QED) is 0.688. The van der Waals surface area contributed by atoms with Crippen LogP contribution >= 0.6 is 11.8 Å². The second-order valence-electron chi connectivity index (χ2n) is 10.3. The van der Waals surface area contributed by atoms with Crippen LogP contribution in [0.15, 0.2) is 0 Å². The topological polar surface area (TPSA) is 20.3 Å². The minimum atomic E-state index is -0.322. The van der Waals surface area contributed by atoms with E-state index in [1.54, 1.807) is 0 Å². The Bertz CT molecular complexity index is 360. The number of hydrogen-bond donors (Lipinski definition) is 0. The molecule has 0 aliphatic rings. The molecule has 1 atom stereocenters. The van der Waals surface area contributed by atoms with E-state index in [-0.39, 0.29) is 27.3 Å². The zero-order valence-electron chi connectivity index (χ0n) is 17.0. The number of ketones is 1. The van der Waals surface area contributed by atoms with Gasteiger partial charge in [0.05, 0.1) is 6.04 Å². The molecule has 0 rings (SSSR count). The zero-order valence-corrected chi connectivity index (χ0v) is 17.9. The van der Waals surface area contributed by atoms with Gasteiger partial charge in [0.25, 0.3) is 0 Å². The predicted molar refractivity (Wildman–Crippen MR) is 102 cm³/mol. The minimum Gasteiger partial charge on any atom is -0.297 e. The molecule has 3 heteroatoms. The van der Waals surface area contributed by atoms with E-state index in [1.165, 1.54) is 0 Å². The smallest absolute Gasteiger partial charge is 0.156 e. The average molecular weight is 330 g/mol. The first-order valence-electron chi connectivity index (χ1n) is 8.35. The highest BCUT2D eigenvalue weighted by atomic mass is 32.2. The standard InChI is InChI=1S/C19H39NOS/c1-16(2,3)15(21)14(13-22-19(10,11)12)20(17(4,5)6)18(7,8)9/h14H,13H2,1-12H3. The summed E-state index contributed by atoms with van der Waals surface area (Å²) in [6, 6.07) is -0.0655. The number of Topliss-reactive ketones (excluding diaryl/α,β-unsaturated/α-hetero) is 1. The molecule has 0 amide bonds. The maximum absolute atomic E-state index is 13.2. The Morgan fingerprint density at radius 1 is 0.818 bits per heavy atom. The Labute approximate surface area is 143 Å². The van der Waals surface area contributed by atoms with Crippen molar-refractivity contribution in [2.24, 2.45) is 5.41 Å². The summed E-state index contributed by atoms with van der Waals surface area (Å²) in [6.07, 6.45) is 0. The summed E-state index contributed by atoms with van der Waals surface area (Å²) < 4.78 is 0.165. The lowest BCUT2D eigenvalue weighted by Gasteiger charge is -2.50. The van der Waals surface area contributed by atoms with Crippen LogP contribution in [0.1, 0.15) is 83.1 Å². The summed E-state index contributed by atoms with van der Waals surface area (Å²) >= 11 is 1.88. The van der Waals surface area contributed by atoms with Crippen LogP contribution < -0.4 is 0 Å². The summed E-state index contributed by atoms with van der Waals surface area (Å²) in [7, 11) is 0. The van der Waals surface area contributed by atoms with Gasteiger partial charge in [-0.15, -0.1) is 0 Å². The van der Waals surface area contributed by atoms with Gasteiger partial charge in [-0.3, -0.25) is 9.69 Å². The van der Waals surface area contributed by atoms with Crippen molar-refractivity contribution in [2.45, 2.75) is 105 Å². The van der Waals surface area contributed by atoms with Crippen molar-refractivity contribution < 1.29 is 4.79 Å². The molecular weight excluding hydrogens is 290 g/mol. The Kier molecular flexibility index (Phi) is 6.84. The summed E-state index contributed by atoms with van der Waals surface area (Å²) in [5.74, 6) is 1.18. The van der Waals surface area contributed by atoms with E-state index < -0.39 is 0 Å². The lowest BCUT2D eigenvalue weighted by atomic mass is 9.83. The highest BCUT2D eigenvalue weighted by Crippen LogP contribution is 2.35. The Balaban J connectivity index is 5.76. The normalized spacial score (nSPS) is 16.0. The molecule has 0 fully saturated rings. The first kappa shape index (κ1) is 22.0. The second kappa shape index (κ2) is 6.84. The Morgan fingerprint density at radius 2 is 1.18 bits per heavy atom. The molecule has 0 aliphatic carbocycles. The molecule has 0 heterocycles. The molecule has 0 aliphatic heterocycles. The summed E-state index contributed by atoms with van der Waals surface area (Å²) in [6.45, 7) is 26.0. The first-order chi connectivity index (χ1) is 9.37. The number of rotatable bonds is 4. The Hall–Kier alpha value is -0.0200. The van der Waals surface area contributed by atoms with Crippen LogP contribution in [0.5, 0.6) is 0 Å². The lowest BCUT2D eigenvalue weighted by Crippen LogP contribution is -2.62. The highest BCUT2D eigenvalue weighted by molar-refractivity contribution is 8.00. The fraction of sp³-hybridized carbons (Fsp3) is 0.947. The van der Waals surface area contributed by atoms with Crippen LogP contribution in [-0.4, -0.2) is 38.3 Å². The van der Waals surface area contributed by atoms with Crippen LogP contribution in [-0.2, 0) is 4.79 Å². The van der Waals surface area contributed by atoms with Gasteiger partial charge in [-0.25, -0.2) is 0 Å². The third-order valence-electron chi connectivity index (χ3n) is 3.47. The molecule has 0 aromatic heterocycles. The van der Waals surface area contributed by atoms with E-state index in [9.17, 15) is 4.79 Å². The van der Waals surface area contributed by atoms with Crippen molar-refractivity contribution >= 4 is 17.5 Å². The van der Waals surface area contributed by atoms with Gasteiger partial charge < -0.3 is 0 Å². The molecule has 0 aromatic carbocycles. The van der Waals surface area contributed by atoms with E-state index in [4.69, 9.17) is 0 Å². The maximum atomic E-state index is 13.2. The van der Waals surface area contributed by atoms with E-state index in [0.29, 0.717) is 5.78 Å². The first-order valence-corrected chi connectivity index (χ1v) is 9.33. The predicted octanol–water partition coefficient (Wildman–Crippen LogP) is 5.40.